The van der Waals surface area contributed by atoms with Gasteiger partial charge in [0, 0.05) is 6.04 Å². The summed E-state index contributed by atoms with van der Waals surface area (Å²) in [5, 5.41) is 12.0. The van der Waals surface area contributed by atoms with Crippen LogP contribution in [0.25, 0.3) is 0 Å². The summed E-state index contributed by atoms with van der Waals surface area (Å²) < 4.78 is 0. The van der Waals surface area contributed by atoms with Crippen molar-refractivity contribution in [3.05, 3.63) is 0 Å². The molecule has 0 aromatic rings. The maximum absolute atomic E-state index is 8.52. The minimum atomic E-state index is -0.500. The fourth-order valence-corrected chi connectivity index (χ4v) is 1.28. The molecule has 114 valence electrons. The van der Waals surface area contributed by atoms with Crippen molar-refractivity contribution in [3.8, 4) is 0 Å². The molecule has 0 aromatic heterocycles. The van der Waals surface area contributed by atoms with E-state index in [1.165, 1.54) is 25.8 Å². The third-order valence-corrected chi connectivity index (χ3v) is 1.90. The van der Waals surface area contributed by atoms with Crippen LogP contribution >= 0.6 is 0 Å². The Morgan fingerprint density at radius 3 is 1.61 bits per heavy atom. The van der Waals surface area contributed by atoms with Gasteiger partial charge in [-0.05, 0) is 46.1 Å². The highest BCUT2D eigenvalue weighted by atomic mass is 16.3. The van der Waals surface area contributed by atoms with Crippen LogP contribution in [0.3, 0.4) is 0 Å². The molecule has 1 heterocycles. The third-order valence-electron chi connectivity index (χ3n) is 1.90. The lowest BCUT2D eigenvalue weighted by atomic mass is 10.0. The van der Waals surface area contributed by atoms with Gasteiger partial charge in [0.1, 0.15) is 0 Å². The highest BCUT2D eigenvalue weighted by molar-refractivity contribution is 4.76. The Hall–Kier alpha value is -0.0800. The number of aliphatic hydroxyl groups is 1. The van der Waals surface area contributed by atoms with Crippen LogP contribution in [0.4, 0.5) is 0 Å². The Morgan fingerprint density at radius 2 is 1.50 bits per heavy atom. The molecule has 1 unspecified atom stereocenters. The van der Waals surface area contributed by atoms with Crippen LogP contribution in [-0.4, -0.2) is 23.3 Å². The first-order valence-electron chi connectivity index (χ1n) is 7.68. The summed E-state index contributed by atoms with van der Waals surface area (Å²) in [7, 11) is 0. The van der Waals surface area contributed by atoms with Gasteiger partial charge in [-0.3, -0.25) is 0 Å². The molecule has 2 N–H and O–H groups in total. The molecule has 0 amide bonds. The molecule has 1 aliphatic heterocycles. The molecule has 2 nitrogen and oxygen atoms in total. The van der Waals surface area contributed by atoms with Crippen molar-refractivity contribution in [1.82, 2.24) is 5.32 Å². The molecule has 0 radical (unpaired) electrons. The van der Waals surface area contributed by atoms with Crippen LogP contribution in [0.1, 0.15) is 81.6 Å². The quantitative estimate of drug-likeness (QED) is 0.722. The predicted molar refractivity (Wildman–Crippen MR) is 85.1 cm³/mol. The lowest BCUT2D eigenvalue weighted by Gasteiger charge is -2.12. The summed E-state index contributed by atoms with van der Waals surface area (Å²) in [6, 6.07) is 0.815. The molecule has 0 aromatic carbocycles. The summed E-state index contributed by atoms with van der Waals surface area (Å²) in [6.07, 6.45) is 4.01. The smallest absolute Gasteiger partial charge is 0.0563 e. The fraction of sp³-hybridized carbons (Fsp3) is 1.00. The predicted octanol–water partition coefficient (Wildman–Crippen LogP) is 4.61. The standard InChI is InChI=1S/C7H15N.C4H10O.C3H8.C2H6/c1-6(2)7-4-3-5-8-7;1-4(2,3)5;1-3-2;1-2/h6-8H,3-5H2,1-2H3;5H,1-3H3;3H2,1-2H3;1-2H3. The Morgan fingerprint density at radius 1 is 1.17 bits per heavy atom. The number of rotatable bonds is 1. The molecule has 1 saturated heterocycles. The third kappa shape index (κ3) is 29.7. The minimum Gasteiger partial charge on any atom is -0.391 e. The van der Waals surface area contributed by atoms with Crippen LogP contribution < -0.4 is 5.32 Å². The van der Waals surface area contributed by atoms with Crippen molar-refractivity contribution in [2.75, 3.05) is 6.54 Å². The van der Waals surface area contributed by atoms with E-state index in [0.717, 1.165) is 12.0 Å². The lowest BCUT2D eigenvalue weighted by molar-refractivity contribution is 0.102. The molecule has 1 fully saturated rings. The van der Waals surface area contributed by atoms with Gasteiger partial charge in [0.2, 0.25) is 0 Å². The molecule has 2 heteroatoms. The van der Waals surface area contributed by atoms with E-state index in [1.54, 1.807) is 20.8 Å². The van der Waals surface area contributed by atoms with Crippen molar-refractivity contribution in [1.29, 1.82) is 0 Å². The van der Waals surface area contributed by atoms with Crippen LogP contribution in [0, 0.1) is 5.92 Å². The normalized spacial score (nSPS) is 17.8. The highest BCUT2D eigenvalue weighted by Crippen LogP contribution is 2.12. The fourth-order valence-electron chi connectivity index (χ4n) is 1.28. The van der Waals surface area contributed by atoms with Gasteiger partial charge in [-0.1, -0.05) is 48.0 Å². The van der Waals surface area contributed by atoms with Gasteiger partial charge >= 0.3 is 0 Å². The Labute approximate surface area is 117 Å². The molecular formula is C16H39NO. The SMILES string of the molecule is CC.CC(C)(C)O.CC(C)C1CCCN1.CCC. The van der Waals surface area contributed by atoms with Crippen molar-refractivity contribution in [2.24, 2.45) is 5.92 Å². The van der Waals surface area contributed by atoms with Gasteiger partial charge in [0.25, 0.3) is 0 Å². The minimum absolute atomic E-state index is 0.500. The molecular weight excluding hydrogens is 222 g/mol. The highest BCUT2D eigenvalue weighted by Gasteiger charge is 2.16. The van der Waals surface area contributed by atoms with Crippen molar-refractivity contribution in [2.45, 2.75) is 93.2 Å². The lowest BCUT2D eigenvalue weighted by Crippen LogP contribution is -2.26. The zero-order valence-electron chi connectivity index (χ0n) is 14.4. The molecule has 1 atom stereocenters. The van der Waals surface area contributed by atoms with Crippen LogP contribution in [0.15, 0.2) is 0 Å². The first kappa shape index (κ1) is 23.0. The average molecular weight is 261 g/mol. The van der Waals surface area contributed by atoms with E-state index in [-0.39, 0.29) is 0 Å². The Bertz CT molecular complexity index is 127. The van der Waals surface area contributed by atoms with Crippen LogP contribution in [0.2, 0.25) is 0 Å². The monoisotopic (exact) mass is 261 g/mol. The molecule has 0 saturated carbocycles. The molecule has 0 spiro atoms. The van der Waals surface area contributed by atoms with E-state index in [2.05, 4.69) is 33.0 Å². The second-order valence-electron chi connectivity index (χ2n) is 5.82. The zero-order chi connectivity index (χ0) is 15.2. The van der Waals surface area contributed by atoms with Crippen molar-refractivity contribution < 1.29 is 5.11 Å². The van der Waals surface area contributed by atoms with Gasteiger partial charge in [-0.25, -0.2) is 0 Å². The summed E-state index contributed by atoms with van der Waals surface area (Å²) in [4.78, 5) is 0. The summed E-state index contributed by atoms with van der Waals surface area (Å²) in [5.74, 6) is 0.831. The average Bonchev–Trinajstić information content (AvgIpc) is 2.72. The second kappa shape index (κ2) is 15.0. The first-order valence-corrected chi connectivity index (χ1v) is 7.68. The first-order chi connectivity index (χ1) is 8.22. The van der Waals surface area contributed by atoms with Gasteiger partial charge in [-0.15, -0.1) is 0 Å². The van der Waals surface area contributed by atoms with E-state index in [9.17, 15) is 0 Å². The molecule has 0 bridgehead atoms. The Kier molecular flexibility index (Phi) is 19.2. The van der Waals surface area contributed by atoms with Crippen LogP contribution in [-0.2, 0) is 0 Å². The number of nitrogens with one attached hydrogen (secondary N) is 1. The van der Waals surface area contributed by atoms with Crippen molar-refractivity contribution >= 4 is 0 Å². The second-order valence-corrected chi connectivity index (χ2v) is 5.82. The van der Waals surface area contributed by atoms with Gasteiger partial charge in [-0.2, -0.15) is 0 Å². The summed E-state index contributed by atoms with van der Waals surface area (Å²) in [5.41, 5.74) is -0.500. The van der Waals surface area contributed by atoms with E-state index in [1.807, 2.05) is 13.8 Å². The van der Waals surface area contributed by atoms with E-state index in [0.29, 0.717) is 0 Å². The van der Waals surface area contributed by atoms with E-state index in [4.69, 9.17) is 5.11 Å². The van der Waals surface area contributed by atoms with Crippen molar-refractivity contribution in [3.63, 3.8) is 0 Å². The zero-order valence-corrected chi connectivity index (χ0v) is 14.4. The topological polar surface area (TPSA) is 32.3 Å². The summed E-state index contributed by atoms with van der Waals surface area (Å²) >= 11 is 0. The molecule has 1 aliphatic rings. The largest absolute Gasteiger partial charge is 0.391 e. The maximum Gasteiger partial charge on any atom is 0.0563 e. The summed E-state index contributed by atoms with van der Waals surface area (Å²) in [6.45, 7) is 19.3. The van der Waals surface area contributed by atoms with E-state index >= 15 is 0 Å². The number of hydrogen-bond donors (Lipinski definition) is 2. The maximum atomic E-state index is 8.52. The molecule has 18 heavy (non-hydrogen) atoms. The number of hydrogen-bond acceptors (Lipinski definition) is 2. The Balaban J connectivity index is -0.000000196. The van der Waals surface area contributed by atoms with E-state index < -0.39 is 5.60 Å². The van der Waals surface area contributed by atoms with Gasteiger partial charge in [0.15, 0.2) is 0 Å². The molecule has 0 aliphatic carbocycles. The van der Waals surface area contributed by atoms with Gasteiger partial charge < -0.3 is 10.4 Å². The van der Waals surface area contributed by atoms with Crippen LogP contribution in [0.5, 0.6) is 0 Å². The van der Waals surface area contributed by atoms with Gasteiger partial charge in [0.05, 0.1) is 5.60 Å². The molecule has 1 rings (SSSR count).